The van der Waals surface area contributed by atoms with Gasteiger partial charge >= 0.3 is 0 Å². The lowest BCUT2D eigenvalue weighted by Gasteiger charge is -2.19. The molecule has 0 saturated heterocycles. The van der Waals surface area contributed by atoms with Crippen molar-refractivity contribution in [2.75, 3.05) is 19.8 Å². The zero-order valence-electron chi connectivity index (χ0n) is 12.4. The zero-order chi connectivity index (χ0) is 14.8. The van der Waals surface area contributed by atoms with E-state index < -0.39 is 0 Å². The van der Waals surface area contributed by atoms with Crippen molar-refractivity contribution in [2.45, 2.75) is 45.6 Å². The Balaban J connectivity index is 2.55. The zero-order valence-corrected chi connectivity index (χ0v) is 13.9. The van der Waals surface area contributed by atoms with Crippen molar-refractivity contribution in [3.63, 3.8) is 0 Å². The number of nitrogens with one attached hydrogen (secondary N) is 1. The Morgan fingerprint density at radius 2 is 2.05 bits per heavy atom. The van der Waals surface area contributed by atoms with Crippen molar-refractivity contribution in [1.29, 1.82) is 0 Å². The van der Waals surface area contributed by atoms with Crippen LogP contribution in [0.25, 0.3) is 0 Å². The van der Waals surface area contributed by atoms with Gasteiger partial charge in [0.25, 0.3) is 0 Å². The minimum Gasteiger partial charge on any atom is -0.382 e. The summed E-state index contributed by atoms with van der Waals surface area (Å²) >= 11 is 12.3. The molecule has 1 rings (SSSR count). The Bertz CT molecular complexity index is 385. The molecule has 1 N–H and O–H groups in total. The van der Waals surface area contributed by atoms with Crippen LogP contribution in [-0.4, -0.2) is 25.8 Å². The van der Waals surface area contributed by atoms with Crippen LogP contribution in [0.1, 0.15) is 38.7 Å². The number of ether oxygens (including phenoxy) is 1. The predicted molar refractivity (Wildman–Crippen MR) is 88.0 cm³/mol. The highest BCUT2D eigenvalue weighted by molar-refractivity contribution is 6.33. The standard InChI is InChI=1S/C16H25Cl2NO/c1-3-9-19-15(6-5-10-20-4-2)12-13-11-14(17)7-8-16(13)18/h7-8,11,15,19H,3-6,9-10,12H2,1-2H3. The molecule has 0 aliphatic carbocycles. The van der Waals surface area contributed by atoms with Gasteiger partial charge in [-0.2, -0.15) is 0 Å². The molecule has 0 aliphatic heterocycles. The second-order valence-corrected chi connectivity index (χ2v) is 5.77. The Labute approximate surface area is 132 Å². The van der Waals surface area contributed by atoms with Crippen molar-refractivity contribution in [1.82, 2.24) is 5.32 Å². The van der Waals surface area contributed by atoms with Crippen molar-refractivity contribution in [3.05, 3.63) is 33.8 Å². The first-order valence-corrected chi connectivity index (χ1v) is 8.18. The Hall–Kier alpha value is -0.280. The summed E-state index contributed by atoms with van der Waals surface area (Å²) in [6.45, 7) is 6.84. The maximum absolute atomic E-state index is 6.25. The Morgan fingerprint density at radius 1 is 1.25 bits per heavy atom. The van der Waals surface area contributed by atoms with Gasteiger partial charge in [0.1, 0.15) is 0 Å². The van der Waals surface area contributed by atoms with Gasteiger partial charge in [0.15, 0.2) is 0 Å². The Kier molecular flexibility index (Phi) is 9.28. The molecule has 114 valence electrons. The molecule has 0 saturated carbocycles. The second-order valence-electron chi connectivity index (χ2n) is 4.93. The fourth-order valence-corrected chi connectivity index (χ4v) is 2.56. The first kappa shape index (κ1) is 17.8. The third-order valence-electron chi connectivity index (χ3n) is 3.20. The number of benzene rings is 1. The van der Waals surface area contributed by atoms with E-state index in [0.717, 1.165) is 61.1 Å². The van der Waals surface area contributed by atoms with Gasteiger partial charge in [-0.3, -0.25) is 0 Å². The summed E-state index contributed by atoms with van der Waals surface area (Å²) in [5.74, 6) is 0. The lowest BCUT2D eigenvalue weighted by Crippen LogP contribution is -2.32. The molecule has 0 fully saturated rings. The van der Waals surface area contributed by atoms with E-state index in [2.05, 4.69) is 12.2 Å². The monoisotopic (exact) mass is 317 g/mol. The summed E-state index contributed by atoms with van der Waals surface area (Å²) in [7, 11) is 0. The van der Waals surface area contributed by atoms with Gasteiger partial charge in [0.05, 0.1) is 0 Å². The molecule has 0 radical (unpaired) electrons. The second kappa shape index (κ2) is 10.4. The molecule has 0 heterocycles. The summed E-state index contributed by atoms with van der Waals surface area (Å²) in [4.78, 5) is 0. The SMILES string of the molecule is CCCNC(CCCOCC)Cc1cc(Cl)ccc1Cl. The highest BCUT2D eigenvalue weighted by atomic mass is 35.5. The number of rotatable bonds is 10. The molecular weight excluding hydrogens is 293 g/mol. The third-order valence-corrected chi connectivity index (χ3v) is 3.81. The first-order valence-electron chi connectivity index (χ1n) is 7.42. The van der Waals surface area contributed by atoms with Crippen molar-refractivity contribution in [3.8, 4) is 0 Å². The molecule has 0 aliphatic rings. The smallest absolute Gasteiger partial charge is 0.0466 e. The van der Waals surface area contributed by atoms with E-state index in [1.165, 1.54) is 0 Å². The molecule has 0 bridgehead atoms. The molecule has 0 amide bonds. The van der Waals surface area contributed by atoms with E-state index in [0.29, 0.717) is 6.04 Å². The van der Waals surface area contributed by atoms with E-state index in [1.807, 2.05) is 25.1 Å². The highest BCUT2D eigenvalue weighted by Crippen LogP contribution is 2.22. The fraction of sp³-hybridized carbons (Fsp3) is 0.625. The van der Waals surface area contributed by atoms with Gasteiger partial charge in [0, 0.05) is 29.3 Å². The molecule has 0 aromatic heterocycles. The van der Waals surface area contributed by atoms with Crippen LogP contribution in [0.15, 0.2) is 18.2 Å². The summed E-state index contributed by atoms with van der Waals surface area (Å²) < 4.78 is 5.41. The third kappa shape index (κ3) is 6.94. The summed E-state index contributed by atoms with van der Waals surface area (Å²) in [6, 6.07) is 6.09. The van der Waals surface area contributed by atoms with Gasteiger partial charge in [-0.1, -0.05) is 30.1 Å². The molecule has 1 atom stereocenters. The molecule has 1 aromatic carbocycles. The van der Waals surface area contributed by atoms with E-state index in [-0.39, 0.29) is 0 Å². The number of halogens is 2. The Morgan fingerprint density at radius 3 is 2.75 bits per heavy atom. The van der Waals surface area contributed by atoms with Gasteiger partial charge in [-0.25, -0.2) is 0 Å². The van der Waals surface area contributed by atoms with E-state index in [4.69, 9.17) is 27.9 Å². The minimum atomic E-state index is 0.423. The molecule has 20 heavy (non-hydrogen) atoms. The van der Waals surface area contributed by atoms with Crippen LogP contribution >= 0.6 is 23.2 Å². The molecule has 1 unspecified atom stereocenters. The van der Waals surface area contributed by atoms with Crippen LogP contribution in [0.2, 0.25) is 10.0 Å². The van der Waals surface area contributed by atoms with E-state index >= 15 is 0 Å². The van der Waals surface area contributed by atoms with Crippen LogP contribution in [0.3, 0.4) is 0 Å². The summed E-state index contributed by atoms with van der Waals surface area (Å²) in [5, 5.41) is 5.12. The van der Waals surface area contributed by atoms with Gasteiger partial charge in [-0.05, 0) is 62.9 Å². The minimum absolute atomic E-state index is 0.423. The van der Waals surface area contributed by atoms with E-state index in [1.54, 1.807) is 0 Å². The molecule has 1 aromatic rings. The normalized spacial score (nSPS) is 12.6. The van der Waals surface area contributed by atoms with Crippen LogP contribution in [0.4, 0.5) is 0 Å². The van der Waals surface area contributed by atoms with Crippen molar-refractivity contribution >= 4 is 23.2 Å². The maximum Gasteiger partial charge on any atom is 0.0466 e. The van der Waals surface area contributed by atoms with Crippen LogP contribution in [0, 0.1) is 0 Å². The molecule has 4 heteroatoms. The molecule has 0 spiro atoms. The lowest BCUT2D eigenvalue weighted by atomic mass is 10.0. The average molecular weight is 318 g/mol. The predicted octanol–water partition coefficient (Wildman–Crippen LogP) is 4.72. The topological polar surface area (TPSA) is 21.3 Å². The van der Waals surface area contributed by atoms with Crippen LogP contribution in [-0.2, 0) is 11.2 Å². The van der Waals surface area contributed by atoms with Crippen molar-refractivity contribution < 1.29 is 4.74 Å². The van der Waals surface area contributed by atoms with Crippen LogP contribution < -0.4 is 5.32 Å². The fourth-order valence-electron chi connectivity index (χ4n) is 2.17. The average Bonchev–Trinajstić information content (AvgIpc) is 2.44. The molecular formula is C16H25Cl2NO. The van der Waals surface area contributed by atoms with E-state index in [9.17, 15) is 0 Å². The maximum atomic E-state index is 6.25. The molecule has 2 nitrogen and oxygen atoms in total. The summed E-state index contributed by atoms with van der Waals surface area (Å²) in [6.07, 6.45) is 4.19. The van der Waals surface area contributed by atoms with Gasteiger partial charge < -0.3 is 10.1 Å². The quantitative estimate of drug-likeness (QED) is 0.630. The van der Waals surface area contributed by atoms with Crippen molar-refractivity contribution in [2.24, 2.45) is 0 Å². The largest absolute Gasteiger partial charge is 0.382 e. The number of hydrogen-bond donors (Lipinski definition) is 1. The van der Waals surface area contributed by atoms with Gasteiger partial charge in [-0.15, -0.1) is 0 Å². The van der Waals surface area contributed by atoms with Gasteiger partial charge in [0.2, 0.25) is 0 Å². The number of hydrogen-bond acceptors (Lipinski definition) is 2. The first-order chi connectivity index (χ1) is 9.67. The lowest BCUT2D eigenvalue weighted by molar-refractivity contribution is 0.140. The van der Waals surface area contributed by atoms with Crippen LogP contribution in [0.5, 0.6) is 0 Å². The summed E-state index contributed by atoms with van der Waals surface area (Å²) in [5.41, 5.74) is 1.11. The highest BCUT2D eigenvalue weighted by Gasteiger charge is 2.11.